The summed E-state index contributed by atoms with van der Waals surface area (Å²) in [4.78, 5) is 8.68. The number of nitrogens with one attached hydrogen (secondary N) is 2. The third-order valence-corrected chi connectivity index (χ3v) is 2.53. The van der Waals surface area contributed by atoms with E-state index in [4.69, 9.17) is 4.74 Å². The van der Waals surface area contributed by atoms with Gasteiger partial charge in [-0.2, -0.15) is 5.10 Å². The second-order valence-electron chi connectivity index (χ2n) is 4.11. The molecular weight excluding hydrogens is 244 g/mol. The van der Waals surface area contributed by atoms with Crippen molar-refractivity contribution in [3.8, 4) is 0 Å². The summed E-state index contributed by atoms with van der Waals surface area (Å²) in [5.74, 6) is 2.16. The Balaban J connectivity index is 2.08. The van der Waals surface area contributed by atoms with Gasteiger partial charge in [-0.3, -0.25) is 4.68 Å². The zero-order valence-corrected chi connectivity index (χ0v) is 11.3. The summed E-state index contributed by atoms with van der Waals surface area (Å²) in [5.41, 5.74) is 1.10. The highest BCUT2D eigenvalue weighted by atomic mass is 16.5. The predicted molar refractivity (Wildman–Crippen MR) is 72.8 cm³/mol. The third-order valence-electron chi connectivity index (χ3n) is 2.53. The molecule has 7 heteroatoms. The van der Waals surface area contributed by atoms with Gasteiger partial charge in [0.1, 0.15) is 18.2 Å². The SMILES string of the molecule is CNc1cc(NCc2cnn(C)c2)nc(COC)n1. The van der Waals surface area contributed by atoms with E-state index in [-0.39, 0.29) is 0 Å². The van der Waals surface area contributed by atoms with Crippen LogP contribution in [0.25, 0.3) is 0 Å². The van der Waals surface area contributed by atoms with Crippen LogP contribution in [-0.4, -0.2) is 33.9 Å². The molecule has 7 nitrogen and oxygen atoms in total. The first-order valence-electron chi connectivity index (χ1n) is 5.97. The Kier molecular flexibility index (Phi) is 4.30. The van der Waals surface area contributed by atoms with E-state index in [0.717, 1.165) is 17.2 Å². The number of rotatable bonds is 6. The van der Waals surface area contributed by atoms with E-state index in [0.29, 0.717) is 19.0 Å². The van der Waals surface area contributed by atoms with E-state index in [1.807, 2.05) is 32.6 Å². The Bertz CT molecular complexity index is 539. The van der Waals surface area contributed by atoms with Crippen LogP contribution in [0.4, 0.5) is 11.6 Å². The van der Waals surface area contributed by atoms with Gasteiger partial charge in [-0.25, -0.2) is 9.97 Å². The van der Waals surface area contributed by atoms with Crippen molar-refractivity contribution in [2.75, 3.05) is 24.8 Å². The Morgan fingerprint density at radius 1 is 1.32 bits per heavy atom. The molecule has 0 radical (unpaired) electrons. The van der Waals surface area contributed by atoms with Crippen molar-refractivity contribution >= 4 is 11.6 Å². The molecule has 19 heavy (non-hydrogen) atoms. The maximum absolute atomic E-state index is 5.05. The lowest BCUT2D eigenvalue weighted by atomic mass is 10.3. The second kappa shape index (κ2) is 6.14. The standard InChI is InChI=1S/C12H18N6O/c1-13-10-4-11(17-12(16-10)8-19-3)14-5-9-6-15-18(2)7-9/h4,6-7H,5,8H2,1-3H3,(H2,13,14,16,17). The lowest BCUT2D eigenvalue weighted by molar-refractivity contribution is 0.178. The molecule has 0 aromatic carbocycles. The van der Waals surface area contributed by atoms with Crippen molar-refractivity contribution < 1.29 is 4.74 Å². The summed E-state index contributed by atoms with van der Waals surface area (Å²) >= 11 is 0. The van der Waals surface area contributed by atoms with Crippen LogP contribution in [0.2, 0.25) is 0 Å². The van der Waals surface area contributed by atoms with Crippen LogP contribution in [0.15, 0.2) is 18.5 Å². The molecule has 0 bridgehead atoms. The maximum atomic E-state index is 5.05. The van der Waals surface area contributed by atoms with Crippen molar-refractivity contribution in [1.29, 1.82) is 0 Å². The first kappa shape index (κ1) is 13.3. The van der Waals surface area contributed by atoms with E-state index >= 15 is 0 Å². The number of methoxy groups -OCH3 is 1. The monoisotopic (exact) mass is 262 g/mol. The van der Waals surface area contributed by atoms with Gasteiger partial charge in [0.25, 0.3) is 0 Å². The van der Waals surface area contributed by atoms with Crippen LogP contribution in [-0.2, 0) is 24.9 Å². The first-order valence-corrected chi connectivity index (χ1v) is 5.97. The molecule has 0 aliphatic rings. The summed E-state index contributed by atoms with van der Waals surface area (Å²) in [6.45, 7) is 1.05. The van der Waals surface area contributed by atoms with Gasteiger partial charge in [0.2, 0.25) is 0 Å². The fourth-order valence-corrected chi connectivity index (χ4v) is 1.67. The third kappa shape index (κ3) is 3.65. The molecule has 0 saturated carbocycles. The number of hydrogen-bond acceptors (Lipinski definition) is 6. The van der Waals surface area contributed by atoms with Crippen LogP contribution >= 0.6 is 0 Å². The number of aryl methyl sites for hydroxylation is 1. The van der Waals surface area contributed by atoms with Gasteiger partial charge in [-0.15, -0.1) is 0 Å². The fourth-order valence-electron chi connectivity index (χ4n) is 1.67. The quantitative estimate of drug-likeness (QED) is 0.809. The molecule has 0 amide bonds. The summed E-state index contributed by atoms with van der Waals surface area (Å²) in [6, 6.07) is 1.86. The Morgan fingerprint density at radius 3 is 2.74 bits per heavy atom. The average molecular weight is 262 g/mol. The van der Waals surface area contributed by atoms with Gasteiger partial charge < -0.3 is 15.4 Å². The maximum Gasteiger partial charge on any atom is 0.158 e. The number of nitrogens with zero attached hydrogens (tertiary/aromatic N) is 4. The number of anilines is 2. The highest BCUT2D eigenvalue weighted by Gasteiger charge is 2.04. The summed E-state index contributed by atoms with van der Waals surface area (Å²) < 4.78 is 6.82. The van der Waals surface area contributed by atoms with Crippen LogP contribution in [0, 0.1) is 0 Å². The molecule has 2 aromatic rings. The number of ether oxygens (including phenoxy) is 1. The molecule has 0 fully saturated rings. The molecule has 0 aliphatic carbocycles. The molecule has 2 aromatic heterocycles. The highest BCUT2D eigenvalue weighted by molar-refractivity contribution is 5.47. The minimum absolute atomic E-state index is 0.386. The normalized spacial score (nSPS) is 10.5. The second-order valence-corrected chi connectivity index (χ2v) is 4.11. The first-order chi connectivity index (χ1) is 9.21. The smallest absolute Gasteiger partial charge is 0.158 e. The van der Waals surface area contributed by atoms with Gasteiger partial charge in [-0.05, 0) is 0 Å². The van der Waals surface area contributed by atoms with Crippen molar-refractivity contribution in [1.82, 2.24) is 19.7 Å². The molecule has 0 spiro atoms. The van der Waals surface area contributed by atoms with E-state index in [1.165, 1.54) is 0 Å². The topological polar surface area (TPSA) is 76.9 Å². The highest BCUT2D eigenvalue weighted by Crippen LogP contribution is 2.12. The molecule has 2 heterocycles. The molecule has 0 saturated heterocycles. The number of hydrogen-bond donors (Lipinski definition) is 2. The van der Waals surface area contributed by atoms with Gasteiger partial charge in [0.05, 0.1) is 6.20 Å². The van der Waals surface area contributed by atoms with E-state index in [9.17, 15) is 0 Å². The van der Waals surface area contributed by atoms with Crippen molar-refractivity contribution in [2.24, 2.45) is 7.05 Å². The number of aromatic nitrogens is 4. The Hall–Kier alpha value is -2.15. The summed E-state index contributed by atoms with van der Waals surface area (Å²) in [6.07, 6.45) is 3.78. The zero-order chi connectivity index (χ0) is 13.7. The molecule has 102 valence electrons. The minimum atomic E-state index is 0.386. The van der Waals surface area contributed by atoms with Crippen LogP contribution in [0.1, 0.15) is 11.4 Å². The lowest BCUT2D eigenvalue weighted by Crippen LogP contribution is -2.07. The Labute approximate surface area is 112 Å². The molecule has 0 aliphatic heterocycles. The molecule has 2 N–H and O–H groups in total. The van der Waals surface area contributed by atoms with Crippen molar-refractivity contribution in [2.45, 2.75) is 13.2 Å². The molecule has 2 rings (SSSR count). The van der Waals surface area contributed by atoms with Crippen LogP contribution < -0.4 is 10.6 Å². The van der Waals surface area contributed by atoms with Gasteiger partial charge in [0, 0.05) is 45.6 Å². The Morgan fingerprint density at radius 2 is 2.11 bits per heavy atom. The van der Waals surface area contributed by atoms with Crippen molar-refractivity contribution in [3.63, 3.8) is 0 Å². The minimum Gasteiger partial charge on any atom is -0.377 e. The predicted octanol–water partition coefficient (Wildman–Crippen LogP) is 1.01. The van der Waals surface area contributed by atoms with Crippen molar-refractivity contribution in [3.05, 3.63) is 29.8 Å². The van der Waals surface area contributed by atoms with E-state index < -0.39 is 0 Å². The van der Waals surface area contributed by atoms with Crippen LogP contribution in [0.5, 0.6) is 0 Å². The van der Waals surface area contributed by atoms with E-state index in [2.05, 4.69) is 25.7 Å². The lowest BCUT2D eigenvalue weighted by Gasteiger charge is -2.08. The average Bonchev–Trinajstić information content (AvgIpc) is 2.82. The summed E-state index contributed by atoms with van der Waals surface area (Å²) in [5, 5.41) is 10.4. The van der Waals surface area contributed by atoms with E-state index in [1.54, 1.807) is 11.8 Å². The van der Waals surface area contributed by atoms with Crippen LogP contribution in [0.3, 0.4) is 0 Å². The molecule has 0 atom stereocenters. The molecule has 0 unspecified atom stereocenters. The molecular formula is C12H18N6O. The largest absolute Gasteiger partial charge is 0.377 e. The van der Waals surface area contributed by atoms with Gasteiger partial charge >= 0.3 is 0 Å². The summed E-state index contributed by atoms with van der Waals surface area (Å²) in [7, 11) is 5.34. The van der Waals surface area contributed by atoms with Gasteiger partial charge in [0.15, 0.2) is 5.82 Å². The van der Waals surface area contributed by atoms with Gasteiger partial charge in [-0.1, -0.05) is 0 Å². The fraction of sp³-hybridized carbons (Fsp3) is 0.417. The zero-order valence-electron chi connectivity index (χ0n) is 11.3.